The summed E-state index contributed by atoms with van der Waals surface area (Å²) in [5, 5.41) is 0.812. The number of methoxy groups -OCH3 is 1. The van der Waals surface area contributed by atoms with Crippen molar-refractivity contribution in [2.75, 3.05) is 12.4 Å². The van der Waals surface area contributed by atoms with Crippen LogP contribution in [0.4, 0.5) is 4.39 Å². The van der Waals surface area contributed by atoms with Gasteiger partial charge in [0.1, 0.15) is 11.6 Å². The molecule has 3 heteroatoms. The summed E-state index contributed by atoms with van der Waals surface area (Å²) in [6, 6.07) is 4.55. The molecule has 0 aromatic heterocycles. The molecule has 0 saturated heterocycles. The number of alkyl halides is 1. The van der Waals surface area contributed by atoms with E-state index in [0.717, 1.165) is 23.1 Å². The second-order valence-corrected chi connectivity index (χ2v) is 3.19. The monoisotopic (exact) mass is 232 g/mol. The van der Waals surface area contributed by atoms with Crippen molar-refractivity contribution in [1.29, 1.82) is 0 Å². The molecule has 0 heterocycles. The van der Waals surface area contributed by atoms with Crippen LogP contribution in [0.1, 0.15) is 5.56 Å². The van der Waals surface area contributed by atoms with E-state index in [-0.39, 0.29) is 5.82 Å². The summed E-state index contributed by atoms with van der Waals surface area (Å²) < 4.78 is 17.8. The standard InChI is InChI=1S/C9H10BrFO/c1-12-9-3-2-8(11)6-7(9)4-5-10/h2-3,6H,4-5H2,1H3. The molecule has 0 fully saturated rings. The number of halogens is 2. The molecular weight excluding hydrogens is 223 g/mol. The van der Waals surface area contributed by atoms with Gasteiger partial charge in [-0.15, -0.1) is 0 Å². The summed E-state index contributed by atoms with van der Waals surface area (Å²) >= 11 is 3.30. The van der Waals surface area contributed by atoms with Crippen molar-refractivity contribution in [2.24, 2.45) is 0 Å². The van der Waals surface area contributed by atoms with Crippen molar-refractivity contribution < 1.29 is 9.13 Å². The van der Waals surface area contributed by atoms with Crippen LogP contribution in [-0.4, -0.2) is 12.4 Å². The predicted molar refractivity (Wildman–Crippen MR) is 50.5 cm³/mol. The van der Waals surface area contributed by atoms with Gasteiger partial charge in [-0.25, -0.2) is 4.39 Å². The van der Waals surface area contributed by atoms with Crippen LogP contribution in [0.25, 0.3) is 0 Å². The van der Waals surface area contributed by atoms with Crippen LogP contribution in [-0.2, 0) is 6.42 Å². The lowest BCUT2D eigenvalue weighted by Gasteiger charge is -2.06. The smallest absolute Gasteiger partial charge is 0.123 e. The number of hydrogen-bond donors (Lipinski definition) is 0. The van der Waals surface area contributed by atoms with Crippen molar-refractivity contribution in [2.45, 2.75) is 6.42 Å². The first-order valence-electron chi connectivity index (χ1n) is 3.66. The lowest BCUT2D eigenvalue weighted by atomic mass is 10.1. The van der Waals surface area contributed by atoms with Gasteiger partial charge in [-0.2, -0.15) is 0 Å². The van der Waals surface area contributed by atoms with Crippen LogP contribution in [0.5, 0.6) is 5.75 Å². The largest absolute Gasteiger partial charge is 0.496 e. The van der Waals surface area contributed by atoms with Gasteiger partial charge in [0.25, 0.3) is 0 Å². The highest BCUT2D eigenvalue weighted by molar-refractivity contribution is 9.09. The van der Waals surface area contributed by atoms with E-state index < -0.39 is 0 Å². The topological polar surface area (TPSA) is 9.23 Å². The van der Waals surface area contributed by atoms with Crippen molar-refractivity contribution in [1.82, 2.24) is 0 Å². The average Bonchev–Trinajstić information content (AvgIpc) is 2.05. The molecule has 0 radical (unpaired) electrons. The molecule has 0 unspecified atom stereocenters. The SMILES string of the molecule is COc1ccc(F)cc1CCBr. The summed E-state index contributed by atoms with van der Waals surface area (Å²) in [5.41, 5.74) is 0.898. The fraction of sp³-hybridized carbons (Fsp3) is 0.333. The molecule has 12 heavy (non-hydrogen) atoms. The second-order valence-electron chi connectivity index (χ2n) is 2.40. The maximum Gasteiger partial charge on any atom is 0.123 e. The van der Waals surface area contributed by atoms with Gasteiger partial charge in [-0.3, -0.25) is 0 Å². The molecule has 0 aliphatic carbocycles. The first-order valence-corrected chi connectivity index (χ1v) is 4.78. The molecule has 0 spiro atoms. The van der Waals surface area contributed by atoms with Gasteiger partial charge in [0.05, 0.1) is 7.11 Å². The Morgan fingerprint density at radius 2 is 2.25 bits per heavy atom. The van der Waals surface area contributed by atoms with Gasteiger partial charge in [0.2, 0.25) is 0 Å². The Bertz CT molecular complexity index is 263. The third-order valence-electron chi connectivity index (χ3n) is 1.61. The second kappa shape index (κ2) is 4.45. The highest BCUT2D eigenvalue weighted by atomic mass is 79.9. The quantitative estimate of drug-likeness (QED) is 0.729. The number of ether oxygens (including phenoxy) is 1. The Labute approximate surface area is 79.7 Å². The zero-order valence-corrected chi connectivity index (χ0v) is 8.40. The Balaban J connectivity index is 2.95. The lowest BCUT2D eigenvalue weighted by Crippen LogP contribution is -1.93. The third-order valence-corrected chi connectivity index (χ3v) is 2.00. The number of benzene rings is 1. The van der Waals surface area contributed by atoms with E-state index in [4.69, 9.17) is 4.74 Å². The first-order chi connectivity index (χ1) is 5.77. The minimum Gasteiger partial charge on any atom is -0.496 e. The molecule has 0 bridgehead atoms. The van der Waals surface area contributed by atoms with Crippen molar-refractivity contribution >= 4 is 15.9 Å². The minimum atomic E-state index is -0.216. The van der Waals surface area contributed by atoms with Crippen LogP contribution in [0.15, 0.2) is 18.2 Å². The summed E-state index contributed by atoms with van der Waals surface area (Å²) in [6.07, 6.45) is 0.779. The lowest BCUT2D eigenvalue weighted by molar-refractivity contribution is 0.409. The van der Waals surface area contributed by atoms with Gasteiger partial charge in [-0.1, -0.05) is 15.9 Å². The molecule has 0 aliphatic heterocycles. The van der Waals surface area contributed by atoms with Crippen LogP contribution < -0.4 is 4.74 Å². The van der Waals surface area contributed by atoms with E-state index in [1.165, 1.54) is 12.1 Å². The van der Waals surface area contributed by atoms with Crippen LogP contribution >= 0.6 is 15.9 Å². The highest BCUT2D eigenvalue weighted by Crippen LogP contribution is 2.20. The van der Waals surface area contributed by atoms with E-state index in [1.807, 2.05) is 0 Å². The van der Waals surface area contributed by atoms with Crippen molar-refractivity contribution in [3.05, 3.63) is 29.6 Å². The van der Waals surface area contributed by atoms with Crippen molar-refractivity contribution in [3.63, 3.8) is 0 Å². The zero-order valence-electron chi connectivity index (χ0n) is 6.81. The third kappa shape index (κ3) is 2.21. The van der Waals surface area contributed by atoms with Crippen LogP contribution in [0.2, 0.25) is 0 Å². The number of aryl methyl sites for hydroxylation is 1. The molecule has 0 aliphatic rings. The van der Waals surface area contributed by atoms with Crippen molar-refractivity contribution in [3.8, 4) is 5.75 Å². The van der Waals surface area contributed by atoms with E-state index in [2.05, 4.69) is 15.9 Å². The first kappa shape index (κ1) is 9.52. The Hall–Kier alpha value is -0.570. The average molecular weight is 233 g/mol. The molecular formula is C9H10BrFO. The van der Waals surface area contributed by atoms with E-state index in [1.54, 1.807) is 13.2 Å². The maximum absolute atomic E-state index is 12.7. The van der Waals surface area contributed by atoms with Gasteiger partial charge < -0.3 is 4.74 Å². The minimum absolute atomic E-state index is 0.216. The molecule has 1 aromatic rings. The van der Waals surface area contributed by atoms with Gasteiger partial charge >= 0.3 is 0 Å². The summed E-state index contributed by atoms with van der Waals surface area (Å²) in [6.45, 7) is 0. The van der Waals surface area contributed by atoms with E-state index in [9.17, 15) is 4.39 Å². The van der Waals surface area contributed by atoms with E-state index >= 15 is 0 Å². The van der Waals surface area contributed by atoms with Crippen LogP contribution in [0.3, 0.4) is 0 Å². The number of hydrogen-bond acceptors (Lipinski definition) is 1. The molecule has 0 atom stereocenters. The van der Waals surface area contributed by atoms with Gasteiger partial charge in [0, 0.05) is 5.33 Å². The molecule has 0 saturated carbocycles. The highest BCUT2D eigenvalue weighted by Gasteiger charge is 2.02. The zero-order chi connectivity index (χ0) is 8.97. The van der Waals surface area contributed by atoms with Gasteiger partial charge in [0.15, 0.2) is 0 Å². The fourth-order valence-electron chi connectivity index (χ4n) is 1.04. The normalized spacial score (nSPS) is 9.92. The number of rotatable bonds is 3. The summed E-state index contributed by atoms with van der Waals surface area (Å²) in [4.78, 5) is 0. The Morgan fingerprint density at radius 3 is 2.83 bits per heavy atom. The van der Waals surface area contributed by atoms with Gasteiger partial charge in [-0.05, 0) is 30.2 Å². The molecule has 1 aromatic carbocycles. The summed E-state index contributed by atoms with van der Waals surface area (Å²) in [5.74, 6) is 0.530. The molecule has 1 rings (SSSR count). The summed E-state index contributed by atoms with van der Waals surface area (Å²) in [7, 11) is 1.59. The molecule has 0 N–H and O–H groups in total. The fourth-order valence-corrected chi connectivity index (χ4v) is 1.47. The maximum atomic E-state index is 12.7. The molecule has 1 nitrogen and oxygen atoms in total. The Morgan fingerprint density at radius 1 is 1.50 bits per heavy atom. The predicted octanol–water partition coefficient (Wildman–Crippen LogP) is 2.77. The van der Waals surface area contributed by atoms with E-state index in [0.29, 0.717) is 0 Å². The molecule has 0 amide bonds. The Kier molecular flexibility index (Phi) is 3.53. The molecule has 66 valence electrons. The van der Waals surface area contributed by atoms with Crippen LogP contribution in [0, 0.1) is 5.82 Å².